The third kappa shape index (κ3) is 6.02. The Labute approximate surface area is 207 Å². The van der Waals surface area contributed by atoms with Crippen LogP contribution in [0.3, 0.4) is 0 Å². The van der Waals surface area contributed by atoms with Crippen molar-refractivity contribution in [1.29, 1.82) is 0 Å². The zero-order valence-corrected chi connectivity index (χ0v) is 21.1. The second kappa shape index (κ2) is 10.8. The highest BCUT2D eigenvalue weighted by Gasteiger charge is 2.27. The van der Waals surface area contributed by atoms with E-state index in [-0.39, 0.29) is 22.8 Å². The number of ether oxygens (including phenoxy) is 1. The van der Waals surface area contributed by atoms with Gasteiger partial charge in [-0.25, -0.2) is 8.42 Å². The summed E-state index contributed by atoms with van der Waals surface area (Å²) in [6.07, 6.45) is 3.98. The van der Waals surface area contributed by atoms with E-state index in [1.165, 1.54) is 16.4 Å². The van der Waals surface area contributed by atoms with Gasteiger partial charge < -0.3 is 15.0 Å². The van der Waals surface area contributed by atoms with Gasteiger partial charge in [0.2, 0.25) is 15.9 Å². The SMILES string of the molecule is CC(C)Oc1ccc(S(=O)(=O)N2CCCCC2)cc1NC(=O)c1cccc(CN2CCCC2=O)c1. The molecule has 8 nitrogen and oxygen atoms in total. The molecule has 0 bridgehead atoms. The summed E-state index contributed by atoms with van der Waals surface area (Å²) in [4.78, 5) is 27.1. The number of likely N-dealkylation sites (tertiary alicyclic amines) is 1. The van der Waals surface area contributed by atoms with Gasteiger partial charge in [-0.2, -0.15) is 4.31 Å². The molecule has 2 aliphatic rings. The van der Waals surface area contributed by atoms with Crippen LogP contribution in [0.4, 0.5) is 5.69 Å². The highest BCUT2D eigenvalue weighted by atomic mass is 32.2. The van der Waals surface area contributed by atoms with Crippen LogP contribution in [0.5, 0.6) is 5.75 Å². The molecule has 1 N–H and O–H groups in total. The first-order valence-electron chi connectivity index (χ1n) is 12.2. The maximum absolute atomic E-state index is 13.2. The molecule has 2 saturated heterocycles. The summed E-state index contributed by atoms with van der Waals surface area (Å²) in [6.45, 7) is 5.93. The second-order valence-corrected chi connectivity index (χ2v) is 11.3. The Hall–Kier alpha value is -2.91. The van der Waals surface area contributed by atoms with Crippen molar-refractivity contribution < 1.29 is 22.7 Å². The summed E-state index contributed by atoms with van der Waals surface area (Å²) in [5.74, 6) is 0.160. The average molecular weight is 500 g/mol. The summed E-state index contributed by atoms with van der Waals surface area (Å²) in [6, 6.07) is 11.7. The number of nitrogens with zero attached hydrogens (tertiary/aromatic N) is 2. The fraction of sp³-hybridized carbons (Fsp3) is 0.462. The standard InChI is InChI=1S/C26H33N3O5S/c1-19(2)34-24-12-11-22(35(32,33)29-14-4-3-5-15-29)17-23(24)27-26(31)21-9-6-8-20(16-21)18-28-13-7-10-25(28)30/h6,8-9,11-12,16-17,19H,3-5,7,10,13-15,18H2,1-2H3,(H,27,31). The lowest BCUT2D eigenvalue weighted by Crippen LogP contribution is -2.35. The fourth-order valence-corrected chi connectivity index (χ4v) is 6.02. The number of carbonyl (C=O) groups excluding carboxylic acids is 2. The number of sulfonamides is 1. The highest BCUT2D eigenvalue weighted by Crippen LogP contribution is 2.31. The molecule has 9 heteroatoms. The smallest absolute Gasteiger partial charge is 0.255 e. The summed E-state index contributed by atoms with van der Waals surface area (Å²) in [7, 11) is -3.67. The lowest BCUT2D eigenvalue weighted by Gasteiger charge is -2.26. The number of carbonyl (C=O) groups is 2. The van der Waals surface area contributed by atoms with Gasteiger partial charge in [-0.15, -0.1) is 0 Å². The average Bonchev–Trinajstić information content (AvgIpc) is 3.24. The Kier molecular flexibility index (Phi) is 7.76. The maximum Gasteiger partial charge on any atom is 0.255 e. The molecule has 0 atom stereocenters. The molecule has 0 saturated carbocycles. The van der Waals surface area contributed by atoms with Gasteiger partial charge in [-0.1, -0.05) is 18.6 Å². The lowest BCUT2D eigenvalue weighted by atomic mass is 10.1. The van der Waals surface area contributed by atoms with Gasteiger partial charge in [0.25, 0.3) is 5.91 Å². The molecule has 0 aliphatic carbocycles. The van der Waals surface area contributed by atoms with Crippen molar-refractivity contribution in [1.82, 2.24) is 9.21 Å². The third-order valence-electron chi connectivity index (χ3n) is 6.25. The van der Waals surface area contributed by atoms with Crippen LogP contribution >= 0.6 is 0 Å². The monoisotopic (exact) mass is 499 g/mol. The van der Waals surface area contributed by atoms with Gasteiger partial charge in [0.05, 0.1) is 16.7 Å². The van der Waals surface area contributed by atoms with E-state index in [0.717, 1.165) is 37.8 Å². The summed E-state index contributed by atoms with van der Waals surface area (Å²) in [5, 5.41) is 2.85. The maximum atomic E-state index is 13.2. The first kappa shape index (κ1) is 25.2. The molecule has 2 aromatic carbocycles. The van der Waals surface area contributed by atoms with Crippen molar-refractivity contribution in [2.24, 2.45) is 0 Å². The molecule has 0 aromatic heterocycles. The van der Waals surface area contributed by atoms with Crippen LogP contribution in [0.2, 0.25) is 0 Å². The van der Waals surface area contributed by atoms with Crippen molar-refractivity contribution in [3.05, 3.63) is 53.6 Å². The van der Waals surface area contributed by atoms with Gasteiger partial charge in [0.1, 0.15) is 5.75 Å². The molecule has 188 valence electrons. The largest absolute Gasteiger partial charge is 0.489 e. The lowest BCUT2D eigenvalue weighted by molar-refractivity contribution is -0.128. The van der Waals surface area contributed by atoms with Gasteiger partial charge >= 0.3 is 0 Å². The Balaban J connectivity index is 1.58. The van der Waals surface area contributed by atoms with E-state index in [4.69, 9.17) is 4.74 Å². The van der Waals surface area contributed by atoms with Crippen molar-refractivity contribution in [3.8, 4) is 5.75 Å². The van der Waals surface area contributed by atoms with E-state index in [2.05, 4.69) is 5.32 Å². The molecule has 0 radical (unpaired) electrons. The predicted octanol–water partition coefficient (Wildman–Crippen LogP) is 4.02. The molecule has 2 aromatic rings. The molecular formula is C26H33N3O5S. The molecule has 4 rings (SSSR count). The van der Waals surface area contributed by atoms with Gasteiger partial charge in [-0.05, 0) is 69.0 Å². The Morgan fingerprint density at radius 3 is 2.49 bits per heavy atom. The number of hydrogen-bond donors (Lipinski definition) is 1. The summed E-state index contributed by atoms with van der Waals surface area (Å²) in [5.41, 5.74) is 1.60. The number of benzene rings is 2. The molecule has 2 amide bonds. The minimum absolute atomic E-state index is 0.127. The second-order valence-electron chi connectivity index (χ2n) is 9.36. The van der Waals surface area contributed by atoms with E-state index in [1.807, 2.05) is 19.9 Å². The molecule has 35 heavy (non-hydrogen) atoms. The summed E-state index contributed by atoms with van der Waals surface area (Å²) >= 11 is 0. The van der Waals surface area contributed by atoms with Crippen LogP contribution in [-0.4, -0.2) is 55.2 Å². The molecule has 2 heterocycles. The normalized spacial score (nSPS) is 17.1. The summed E-state index contributed by atoms with van der Waals surface area (Å²) < 4.78 is 33.8. The van der Waals surface area contributed by atoms with E-state index < -0.39 is 10.0 Å². The highest BCUT2D eigenvalue weighted by molar-refractivity contribution is 7.89. The van der Waals surface area contributed by atoms with Crippen LogP contribution in [0, 0.1) is 0 Å². The number of amides is 2. The van der Waals surface area contributed by atoms with E-state index in [0.29, 0.717) is 43.1 Å². The van der Waals surface area contributed by atoms with Crippen LogP contribution in [0.15, 0.2) is 47.4 Å². The topological polar surface area (TPSA) is 96.0 Å². The van der Waals surface area contributed by atoms with Gasteiger partial charge in [0.15, 0.2) is 0 Å². The van der Waals surface area contributed by atoms with Crippen LogP contribution < -0.4 is 10.1 Å². The van der Waals surface area contributed by atoms with Crippen molar-refractivity contribution in [2.45, 2.75) is 63.5 Å². The minimum Gasteiger partial charge on any atom is -0.489 e. The molecule has 2 aliphatic heterocycles. The minimum atomic E-state index is -3.67. The quantitative estimate of drug-likeness (QED) is 0.592. The predicted molar refractivity (Wildman–Crippen MR) is 134 cm³/mol. The zero-order chi connectivity index (χ0) is 25.0. The zero-order valence-electron chi connectivity index (χ0n) is 20.3. The molecule has 0 unspecified atom stereocenters. The van der Waals surface area contributed by atoms with Crippen LogP contribution in [0.1, 0.15) is 61.9 Å². The first-order valence-corrected chi connectivity index (χ1v) is 13.7. The Morgan fingerprint density at radius 1 is 1.03 bits per heavy atom. The van der Waals surface area contributed by atoms with Crippen molar-refractivity contribution >= 4 is 27.5 Å². The van der Waals surface area contributed by atoms with E-state index in [1.54, 1.807) is 29.2 Å². The van der Waals surface area contributed by atoms with Crippen molar-refractivity contribution in [3.63, 3.8) is 0 Å². The first-order chi connectivity index (χ1) is 16.7. The Morgan fingerprint density at radius 2 is 1.80 bits per heavy atom. The van der Waals surface area contributed by atoms with Gasteiger partial charge in [-0.3, -0.25) is 9.59 Å². The number of rotatable bonds is 8. The number of hydrogen-bond acceptors (Lipinski definition) is 5. The molecule has 2 fully saturated rings. The van der Waals surface area contributed by atoms with Crippen LogP contribution in [0.25, 0.3) is 0 Å². The third-order valence-corrected chi connectivity index (χ3v) is 8.14. The fourth-order valence-electron chi connectivity index (χ4n) is 4.48. The van der Waals surface area contributed by atoms with E-state index in [9.17, 15) is 18.0 Å². The number of nitrogens with one attached hydrogen (secondary N) is 1. The molecule has 0 spiro atoms. The molecular weight excluding hydrogens is 466 g/mol. The van der Waals surface area contributed by atoms with Gasteiger partial charge in [0, 0.05) is 38.2 Å². The number of anilines is 1. The van der Waals surface area contributed by atoms with Crippen molar-refractivity contribution in [2.75, 3.05) is 25.0 Å². The van der Waals surface area contributed by atoms with Crippen LogP contribution in [-0.2, 0) is 21.4 Å². The Bertz CT molecular complexity index is 1190. The van der Waals surface area contributed by atoms with E-state index >= 15 is 0 Å². The number of piperidine rings is 1.